The van der Waals surface area contributed by atoms with E-state index in [9.17, 15) is 4.79 Å². The van der Waals surface area contributed by atoms with Crippen LogP contribution >= 0.6 is 11.6 Å². The predicted molar refractivity (Wildman–Crippen MR) is 78.4 cm³/mol. The van der Waals surface area contributed by atoms with E-state index in [-0.39, 0.29) is 11.9 Å². The van der Waals surface area contributed by atoms with Gasteiger partial charge in [0.25, 0.3) is 0 Å². The minimum Gasteiger partial charge on any atom is -0.381 e. The fourth-order valence-electron chi connectivity index (χ4n) is 3.08. The van der Waals surface area contributed by atoms with Gasteiger partial charge in [-0.15, -0.1) is 0 Å². The zero-order valence-corrected chi connectivity index (χ0v) is 12.4. The molecule has 1 aromatic heterocycles. The van der Waals surface area contributed by atoms with Crippen LogP contribution in [0, 0.1) is 0 Å². The molecule has 0 aromatic carbocycles. The summed E-state index contributed by atoms with van der Waals surface area (Å²) in [6, 6.07) is 1.98. The Morgan fingerprint density at radius 3 is 2.75 bits per heavy atom. The van der Waals surface area contributed by atoms with Gasteiger partial charge in [0.2, 0.25) is 5.91 Å². The number of amides is 1. The van der Waals surface area contributed by atoms with Gasteiger partial charge in [0, 0.05) is 32.4 Å². The molecule has 1 aromatic rings. The molecule has 2 aliphatic rings. The average Bonchev–Trinajstić information content (AvgIpc) is 2.46. The van der Waals surface area contributed by atoms with Crippen molar-refractivity contribution in [2.45, 2.75) is 31.8 Å². The summed E-state index contributed by atoms with van der Waals surface area (Å²) in [6.07, 6.45) is 3.54. The van der Waals surface area contributed by atoms with Crippen LogP contribution in [-0.4, -0.2) is 43.2 Å². The van der Waals surface area contributed by atoms with E-state index in [4.69, 9.17) is 16.3 Å². The predicted octanol–water partition coefficient (Wildman–Crippen LogP) is 2.09. The summed E-state index contributed by atoms with van der Waals surface area (Å²) in [4.78, 5) is 20.4. The molecule has 1 fully saturated rings. The molecule has 6 heteroatoms. The number of fused-ring (bicyclic) bond motifs is 1. The first-order chi connectivity index (χ1) is 9.59. The second-order valence-electron chi connectivity index (χ2n) is 5.32. The highest BCUT2D eigenvalue weighted by atomic mass is 35.5. The number of rotatable bonds is 1. The van der Waals surface area contributed by atoms with Crippen LogP contribution < -0.4 is 9.80 Å². The van der Waals surface area contributed by atoms with Crippen molar-refractivity contribution in [1.29, 1.82) is 0 Å². The molecule has 1 saturated heterocycles. The Hall–Kier alpha value is -1.33. The molecule has 0 bridgehead atoms. The first-order valence-electron chi connectivity index (χ1n) is 6.89. The molecule has 2 aliphatic heterocycles. The standard InChI is InChI=1S/C14H18ClN3O2/c1-9-14(19)17(2)12-8-16-13(15)7-11(12)18(9)10-3-5-20-6-4-10/h7-10H,3-6H2,1-2H3/t9-/m1/s1. The SMILES string of the molecule is C[C@@H]1C(=O)N(C)c2cnc(Cl)cc2N1C1CCOCC1. The molecule has 1 amide bonds. The molecule has 0 aliphatic carbocycles. The molecule has 3 rings (SSSR count). The molecule has 3 heterocycles. The number of anilines is 2. The smallest absolute Gasteiger partial charge is 0.249 e. The number of carbonyl (C=O) groups excluding carboxylic acids is 1. The van der Waals surface area contributed by atoms with E-state index >= 15 is 0 Å². The lowest BCUT2D eigenvalue weighted by Gasteiger charge is -2.45. The number of pyridine rings is 1. The van der Waals surface area contributed by atoms with E-state index in [0.29, 0.717) is 11.2 Å². The summed E-state index contributed by atoms with van der Waals surface area (Å²) in [5.41, 5.74) is 1.82. The highest BCUT2D eigenvalue weighted by Gasteiger charge is 2.38. The quantitative estimate of drug-likeness (QED) is 0.744. The lowest BCUT2D eigenvalue weighted by Crippen LogP contribution is -2.55. The summed E-state index contributed by atoms with van der Waals surface area (Å²) < 4.78 is 5.43. The molecule has 0 N–H and O–H groups in total. The normalized spacial score (nSPS) is 23.9. The van der Waals surface area contributed by atoms with Gasteiger partial charge in [0.1, 0.15) is 11.2 Å². The van der Waals surface area contributed by atoms with Gasteiger partial charge < -0.3 is 14.5 Å². The number of nitrogens with zero attached hydrogens (tertiary/aromatic N) is 3. The fourth-order valence-corrected chi connectivity index (χ4v) is 3.23. The first-order valence-corrected chi connectivity index (χ1v) is 7.26. The van der Waals surface area contributed by atoms with Crippen molar-refractivity contribution in [2.24, 2.45) is 0 Å². The maximum Gasteiger partial charge on any atom is 0.249 e. The Morgan fingerprint density at radius 2 is 2.05 bits per heavy atom. The van der Waals surface area contributed by atoms with Crippen molar-refractivity contribution in [3.05, 3.63) is 17.4 Å². The second kappa shape index (κ2) is 5.22. The Labute approximate surface area is 123 Å². The van der Waals surface area contributed by atoms with Crippen molar-refractivity contribution in [1.82, 2.24) is 4.98 Å². The van der Waals surface area contributed by atoms with Gasteiger partial charge in [0.15, 0.2) is 0 Å². The van der Waals surface area contributed by atoms with Crippen LogP contribution in [0.3, 0.4) is 0 Å². The molecule has 108 valence electrons. The summed E-state index contributed by atoms with van der Waals surface area (Å²) in [7, 11) is 1.79. The minimum atomic E-state index is -0.186. The van der Waals surface area contributed by atoms with Gasteiger partial charge in [-0.1, -0.05) is 11.6 Å². The van der Waals surface area contributed by atoms with Crippen LogP contribution in [0.15, 0.2) is 12.3 Å². The zero-order chi connectivity index (χ0) is 14.3. The topological polar surface area (TPSA) is 45.7 Å². The average molecular weight is 296 g/mol. The highest BCUT2D eigenvalue weighted by Crippen LogP contribution is 2.39. The monoisotopic (exact) mass is 295 g/mol. The van der Waals surface area contributed by atoms with Gasteiger partial charge in [-0.25, -0.2) is 4.98 Å². The third-order valence-electron chi connectivity index (χ3n) is 4.16. The Balaban J connectivity index is 2.05. The van der Waals surface area contributed by atoms with Crippen molar-refractivity contribution in [2.75, 3.05) is 30.1 Å². The number of ether oxygens (including phenoxy) is 1. The van der Waals surface area contributed by atoms with E-state index in [1.54, 1.807) is 18.1 Å². The first kappa shape index (κ1) is 13.6. The third kappa shape index (κ3) is 2.15. The molecule has 5 nitrogen and oxygen atoms in total. The van der Waals surface area contributed by atoms with Crippen molar-refractivity contribution in [3.63, 3.8) is 0 Å². The summed E-state index contributed by atoms with van der Waals surface area (Å²) in [6.45, 7) is 3.43. The zero-order valence-electron chi connectivity index (χ0n) is 11.7. The Bertz CT molecular complexity index is 531. The van der Waals surface area contributed by atoms with Crippen molar-refractivity contribution < 1.29 is 9.53 Å². The van der Waals surface area contributed by atoms with Gasteiger partial charge in [-0.3, -0.25) is 4.79 Å². The number of carbonyl (C=O) groups is 1. The van der Waals surface area contributed by atoms with Crippen LogP contribution in [0.1, 0.15) is 19.8 Å². The van der Waals surface area contributed by atoms with Crippen LogP contribution in [-0.2, 0) is 9.53 Å². The maximum absolute atomic E-state index is 12.4. The largest absolute Gasteiger partial charge is 0.381 e. The van der Waals surface area contributed by atoms with E-state index in [0.717, 1.165) is 37.4 Å². The molecule has 0 saturated carbocycles. The molecule has 0 unspecified atom stereocenters. The summed E-state index contributed by atoms with van der Waals surface area (Å²) in [5.74, 6) is 0.0908. The molecule has 0 radical (unpaired) electrons. The third-order valence-corrected chi connectivity index (χ3v) is 4.36. The fraction of sp³-hybridized carbons (Fsp3) is 0.571. The maximum atomic E-state index is 12.4. The number of hydrogen-bond acceptors (Lipinski definition) is 4. The van der Waals surface area contributed by atoms with Crippen LogP contribution in [0.5, 0.6) is 0 Å². The number of likely N-dealkylation sites (N-methyl/N-ethyl adjacent to an activating group) is 1. The Kier molecular flexibility index (Phi) is 3.56. The van der Waals surface area contributed by atoms with Crippen LogP contribution in [0.25, 0.3) is 0 Å². The number of aromatic nitrogens is 1. The molecule has 0 spiro atoms. The molecular formula is C14H18ClN3O2. The lowest BCUT2D eigenvalue weighted by atomic mass is 10.0. The highest BCUT2D eigenvalue weighted by molar-refractivity contribution is 6.30. The molecular weight excluding hydrogens is 278 g/mol. The lowest BCUT2D eigenvalue weighted by molar-refractivity contribution is -0.119. The van der Waals surface area contributed by atoms with Crippen LogP contribution in [0.4, 0.5) is 11.4 Å². The van der Waals surface area contributed by atoms with Crippen LogP contribution in [0.2, 0.25) is 5.15 Å². The van der Waals surface area contributed by atoms with E-state index in [1.807, 2.05) is 13.0 Å². The van der Waals surface area contributed by atoms with E-state index < -0.39 is 0 Å². The van der Waals surface area contributed by atoms with Crippen molar-refractivity contribution in [3.8, 4) is 0 Å². The molecule has 20 heavy (non-hydrogen) atoms. The number of halogens is 1. The van der Waals surface area contributed by atoms with E-state index in [2.05, 4.69) is 9.88 Å². The van der Waals surface area contributed by atoms with E-state index in [1.165, 1.54) is 0 Å². The van der Waals surface area contributed by atoms with Gasteiger partial charge in [-0.05, 0) is 19.8 Å². The minimum absolute atomic E-state index is 0.0908. The number of hydrogen-bond donors (Lipinski definition) is 0. The molecule has 1 atom stereocenters. The second-order valence-corrected chi connectivity index (χ2v) is 5.71. The summed E-state index contributed by atoms with van der Waals surface area (Å²) in [5, 5.41) is 0.454. The van der Waals surface area contributed by atoms with Gasteiger partial charge in [0.05, 0.1) is 17.6 Å². The summed E-state index contributed by atoms with van der Waals surface area (Å²) >= 11 is 6.05. The van der Waals surface area contributed by atoms with Gasteiger partial charge >= 0.3 is 0 Å². The van der Waals surface area contributed by atoms with Crippen molar-refractivity contribution >= 4 is 28.9 Å². The Morgan fingerprint density at radius 1 is 1.35 bits per heavy atom. The van der Waals surface area contributed by atoms with Gasteiger partial charge in [-0.2, -0.15) is 0 Å².